The first kappa shape index (κ1) is 8.43. The first-order valence-corrected chi connectivity index (χ1v) is 3.10. The summed E-state index contributed by atoms with van der Waals surface area (Å²) in [4.78, 5) is 10.7. The molecule has 1 amide bonds. The molecule has 0 spiro atoms. The van der Waals surface area contributed by atoms with Gasteiger partial charge in [0.15, 0.2) is 0 Å². The van der Waals surface area contributed by atoms with Crippen LogP contribution in [0, 0.1) is 0 Å². The molecule has 0 unspecified atom stereocenters. The van der Waals surface area contributed by atoms with Gasteiger partial charge in [-0.05, 0) is 20.9 Å². The molecule has 0 aromatic heterocycles. The monoisotopic (exact) mass is 130 g/mol. The first-order valence-electron chi connectivity index (χ1n) is 3.10. The molecule has 0 aromatic rings. The van der Waals surface area contributed by atoms with Crippen LogP contribution in [-0.4, -0.2) is 25.5 Å². The molecule has 9 heavy (non-hydrogen) atoms. The Kier molecular flexibility index (Phi) is 4.05. The second kappa shape index (κ2) is 4.32. The Morgan fingerprint density at radius 2 is 2.11 bits per heavy atom. The van der Waals surface area contributed by atoms with Crippen LogP contribution < -0.4 is 10.6 Å². The lowest BCUT2D eigenvalue weighted by Crippen LogP contribution is -2.36. The Morgan fingerprint density at radius 1 is 1.56 bits per heavy atom. The van der Waals surface area contributed by atoms with E-state index >= 15 is 0 Å². The van der Waals surface area contributed by atoms with E-state index in [0.29, 0.717) is 6.54 Å². The zero-order chi connectivity index (χ0) is 7.28. The van der Waals surface area contributed by atoms with Gasteiger partial charge >= 0.3 is 0 Å². The summed E-state index contributed by atoms with van der Waals surface area (Å²) in [5.41, 5.74) is 0. The van der Waals surface area contributed by atoms with Crippen molar-refractivity contribution in [3.8, 4) is 0 Å². The highest BCUT2D eigenvalue weighted by molar-refractivity contribution is 5.78. The quantitative estimate of drug-likeness (QED) is 0.552. The van der Waals surface area contributed by atoms with Crippen molar-refractivity contribution in [3.05, 3.63) is 0 Å². The topological polar surface area (TPSA) is 41.1 Å². The van der Waals surface area contributed by atoms with Crippen molar-refractivity contribution in [3.63, 3.8) is 0 Å². The number of rotatable bonds is 3. The normalized spacial score (nSPS) is 9.78. The van der Waals surface area contributed by atoms with E-state index in [1.165, 1.54) is 0 Å². The summed E-state index contributed by atoms with van der Waals surface area (Å²) >= 11 is 0. The van der Waals surface area contributed by atoms with Gasteiger partial charge in [0.1, 0.15) is 0 Å². The minimum Gasteiger partial charge on any atom is -0.353 e. The predicted octanol–water partition coefficient (Wildman–Crippen LogP) is -0.270. The lowest BCUT2D eigenvalue weighted by atomic mass is 10.4. The zero-order valence-electron chi connectivity index (χ0n) is 6.19. The molecular formula is C6H14N2O. The van der Waals surface area contributed by atoms with Gasteiger partial charge in [0, 0.05) is 6.04 Å². The summed E-state index contributed by atoms with van der Waals surface area (Å²) < 4.78 is 0. The molecule has 0 saturated carbocycles. The van der Waals surface area contributed by atoms with E-state index in [9.17, 15) is 4.79 Å². The van der Waals surface area contributed by atoms with Crippen molar-refractivity contribution in [2.24, 2.45) is 0 Å². The Labute approximate surface area is 55.8 Å². The fourth-order valence-corrected chi connectivity index (χ4v) is 0.534. The molecule has 0 aromatic carbocycles. The van der Waals surface area contributed by atoms with Crippen molar-refractivity contribution in [1.29, 1.82) is 0 Å². The van der Waals surface area contributed by atoms with E-state index in [-0.39, 0.29) is 11.9 Å². The SMILES string of the molecule is CNCC(=O)NC(C)C. The van der Waals surface area contributed by atoms with Crippen LogP contribution in [-0.2, 0) is 4.79 Å². The highest BCUT2D eigenvalue weighted by Gasteiger charge is 1.98. The van der Waals surface area contributed by atoms with E-state index < -0.39 is 0 Å². The third-order valence-corrected chi connectivity index (χ3v) is 0.787. The van der Waals surface area contributed by atoms with Gasteiger partial charge in [-0.15, -0.1) is 0 Å². The molecule has 54 valence electrons. The van der Waals surface area contributed by atoms with Crippen LogP contribution >= 0.6 is 0 Å². The highest BCUT2D eigenvalue weighted by atomic mass is 16.1. The number of hydrogen-bond donors (Lipinski definition) is 2. The van der Waals surface area contributed by atoms with E-state index in [4.69, 9.17) is 0 Å². The Balaban J connectivity index is 3.27. The molecular weight excluding hydrogens is 116 g/mol. The maximum absolute atomic E-state index is 10.7. The summed E-state index contributed by atoms with van der Waals surface area (Å²) in [6, 6.07) is 0.242. The molecule has 3 nitrogen and oxygen atoms in total. The number of carbonyl (C=O) groups excluding carboxylic acids is 1. The first-order chi connectivity index (χ1) is 4.16. The van der Waals surface area contributed by atoms with Crippen LogP contribution in [0.1, 0.15) is 13.8 Å². The van der Waals surface area contributed by atoms with Crippen molar-refractivity contribution in [2.75, 3.05) is 13.6 Å². The number of nitrogens with one attached hydrogen (secondary N) is 2. The molecule has 0 bridgehead atoms. The standard InChI is InChI=1S/C6H14N2O/c1-5(2)8-6(9)4-7-3/h5,7H,4H2,1-3H3,(H,8,9). The summed E-state index contributed by atoms with van der Waals surface area (Å²) in [6.45, 7) is 4.28. The molecule has 0 aliphatic heterocycles. The molecule has 0 aliphatic rings. The van der Waals surface area contributed by atoms with E-state index in [0.717, 1.165) is 0 Å². The third kappa shape index (κ3) is 5.30. The molecule has 3 heteroatoms. The van der Waals surface area contributed by atoms with Crippen LogP contribution in [0.15, 0.2) is 0 Å². The number of hydrogen-bond acceptors (Lipinski definition) is 2. The van der Waals surface area contributed by atoms with Crippen molar-refractivity contribution in [1.82, 2.24) is 10.6 Å². The summed E-state index contributed by atoms with van der Waals surface area (Å²) in [5, 5.41) is 5.50. The van der Waals surface area contributed by atoms with Crippen LogP contribution in [0.3, 0.4) is 0 Å². The van der Waals surface area contributed by atoms with Crippen molar-refractivity contribution >= 4 is 5.91 Å². The van der Waals surface area contributed by atoms with Gasteiger partial charge in [-0.25, -0.2) is 0 Å². The van der Waals surface area contributed by atoms with Gasteiger partial charge in [-0.2, -0.15) is 0 Å². The smallest absolute Gasteiger partial charge is 0.234 e. The average molecular weight is 130 g/mol. The number of amides is 1. The summed E-state index contributed by atoms with van der Waals surface area (Å²) in [5.74, 6) is 0.0486. The molecule has 0 aliphatic carbocycles. The third-order valence-electron chi connectivity index (χ3n) is 0.787. The van der Waals surface area contributed by atoms with Crippen LogP contribution in [0.25, 0.3) is 0 Å². The lowest BCUT2D eigenvalue weighted by molar-refractivity contribution is -0.120. The van der Waals surface area contributed by atoms with Gasteiger partial charge in [0.25, 0.3) is 0 Å². The Bertz CT molecular complexity index is 91.1. The molecule has 0 saturated heterocycles. The predicted molar refractivity (Wildman–Crippen MR) is 37.2 cm³/mol. The molecule has 0 heterocycles. The van der Waals surface area contributed by atoms with E-state index in [1.54, 1.807) is 7.05 Å². The largest absolute Gasteiger partial charge is 0.353 e. The molecule has 0 atom stereocenters. The number of carbonyl (C=O) groups is 1. The second-order valence-electron chi connectivity index (χ2n) is 2.25. The maximum Gasteiger partial charge on any atom is 0.234 e. The van der Waals surface area contributed by atoms with Gasteiger partial charge < -0.3 is 10.6 Å². The fourth-order valence-electron chi connectivity index (χ4n) is 0.534. The fraction of sp³-hybridized carbons (Fsp3) is 0.833. The Hall–Kier alpha value is -0.570. The van der Waals surface area contributed by atoms with Crippen LogP contribution in [0.2, 0.25) is 0 Å². The second-order valence-corrected chi connectivity index (χ2v) is 2.25. The minimum absolute atomic E-state index is 0.0486. The molecule has 0 rings (SSSR count). The van der Waals surface area contributed by atoms with E-state index in [2.05, 4.69) is 10.6 Å². The molecule has 2 N–H and O–H groups in total. The average Bonchev–Trinajstić information content (AvgIpc) is 1.63. The van der Waals surface area contributed by atoms with Crippen LogP contribution in [0.5, 0.6) is 0 Å². The van der Waals surface area contributed by atoms with Gasteiger partial charge in [-0.1, -0.05) is 0 Å². The summed E-state index contributed by atoms with van der Waals surface area (Å²) in [7, 11) is 1.75. The van der Waals surface area contributed by atoms with Crippen molar-refractivity contribution in [2.45, 2.75) is 19.9 Å². The zero-order valence-corrected chi connectivity index (χ0v) is 6.19. The van der Waals surface area contributed by atoms with E-state index in [1.807, 2.05) is 13.8 Å². The molecule has 0 radical (unpaired) electrons. The Morgan fingerprint density at radius 3 is 2.44 bits per heavy atom. The summed E-state index contributed by atoms with van der Waals surface area (Å²) in [6.07, 6.45) is 0. The van der Waals surface area contributed by atoms with Gasteiger partial charge in [-0.3, -0.25) is 4.79 Å². The van der Waals surface area contributed by atoms with Crippen LogP contribution in [0.4, 0.5) is 0 Å². The van der Waals surface area contributed by atoms with Gasteiger partial charge in [0.2, 0.25) is 5.91 Å². The highest BCUT2D eigenvalue weighted by Crippen LogP contribution is 1.74. The molecule has 0 fully saturated rings. The minimum atomic E-state index is 0.0486. The lowest BCUT2D eigenvalue weighted by Gasteiger charge is -2.06. The number of likely N-dealkylation sites (N-methyl/N-ethyl adjacent to an activating group) is 1. The van der Waals surface area contributed by atoms with Gasteiger partial charge in [0.05, 0.1) is 6.54 Å². The maximum atomic E-state index is 10.7. The van der Waals surface area contributed by atoms with Crippen molar-refractivity contribution < 1.29 is 4.79 Å².